The number of anilines is 2. The minimum Gasteiger partial charge on any atom is -0.397 e. The summed E-state index contributed by atoms with van der Waals surface area (Å²) in [6, 6.07) is 5.68. The van der Waals surface area contributed by atoms with Crippen LogP contribution in [0.4, 0.5) is 11.4 Å². The number of thioether (sulfide) groups is 1. The molecule has 1 amide bonds. The van der Waals surface area contributed by atoms with E-state index in [1.54, 1.807) is 18.2 Å². The van der Waals surface area contributed by atoms with Gasteiger partial charge in [-0.15, -0.1) is 0 Å². The average Bonchev–Trinajstić information content (AvgIpc) is 2.81. The molecular formula is C12H17N3OS. The van der Waals surface area contributed by atoms with Gasteiger partial charge in [-0.1, -0.05) is 0 Å². The summed E-state index contributed by atoms with van der Waals surface area (Å²) < 4.78 is 0. The summed E-state index contributed by atoms with van der Waals surface area (Å²) >= 11 is 1.95. The first-order valence-corrected chi connectivity index (χ1v) is 6.75. The Balaban J connectivity index is 2.29. The molecule has 17 heavy (non-hydrogen) atoms. The van der Waals surface area contributed by atoms with E-state index in [4.69, 9.17) is 11.5 Å². The van der Waals surface area contributed by atoms with Gasteiger partial charge in [-0.05, 0) is 30.4 Å². The second-order valence-electron chi connectivity index (χ2n) is 4.27. The van der Waals surface area contributed by atoms with E-state index >= 15 is 0 Å². The molecule has 4 N–H and O–H groups in total. The van der Waals surface area contributed by atoms with Crippen LogP contribution in [0.25, 0.3) is 0 Å². The number of hydrogen-bond acceptors (Lipinski definition) is 4. The lowest BCUT2D eigenvalue weighted by atomic mass is 10.1. The molecule has 92 valence electrons. The third-order valence-electron chi connectivity index (χ3n) is 3.15. The van der Waals surface area contributed by atoms with Crippen LogP contribution in [0.3, 0.4) is 0 Å². The average molecular weight is 251 g/mol. The van der Waals surface area contributed by atoms with Gasteiger partial charge < -0.3 is 16.4 Å². The summed E-state index contributed by atoms with van der Waals surface area (Å²) in [5.41, 5.74) is 13.3. The van der Waals surface area contributed by atoms with E-state index in [-0.39, 0.29) is 0 Å². The molecule has 0 aliphatic carbocycles. The maximum Gasteiger partial charge on any atom is 0.248 e. The van der Waals surface area contributed by atoms with Crippen LogP contribution in [0.15, 0.2) is 18.2 Å². The first kappa shape index (κ1) is 12.1. The zero-order valence-electron chi connectivity index (χ0n) is 9.85. The van der Waals surface area contributed by atoms with Crippen LogP contribution in [-0.4, -0.2) is 30.5 Å². The molecule has 1 atom stereocenters. The molecule has 1 saturated heterocycles. The Kier molecular flexibility index (Phi) is 3.47. The summed E-state index contributed by atoms with van der Waals surface area (Å²) in [5, 5.41) is 0. The highest BCUT2D eigenvalue weighted by molar-refractivity contribution is 7.99. The Bertz CT molecular complexity index is 430. The highest BCUT2D eigenvalue weighted by atomic mass is 32.2. The van der Waals surface area contributed by atoms with E-state index in [0.29, 0.717) is 17.3 Å². The Labute approximate surface area is 105 Å². The molecule has 1 unspecified atom stereocenters. The molecule has 1 heterocycles. The predicted molar refractivity (Wildman–Crippen MR) is 73.5 cm³/mol. The Morgan fingerprint density at radius 1 is 1.53 bits per heavy atom. The number of amides is 1. The van der Waals surface area contributed by atoms with Crippen molar-refractivity contribution in [2.45, 2.75) is 12.5 Å². The van der Waals surface area contributed by atoms with Crippen LogP contribution < -0.4 is 16.4 Å². The van der Waals surface area contributed by atoms with Crippen molar-refractivity contribution < 1.29 is 4.79 Å². The zero-order chi connectivity index (χ0) is 12.4. The van der Waals surface area contributed by atoms with Crippen molar-refractivity contribution in [2.75, 3.05) is 29.2 Å². The van der Waals surface area contributed by atoms with Gasteiger partial charge >= 0.3 is 0 Å². The summed E-state index contributed by atoms with van der Waals surface area (Å²) in [6.07, 6.45) is 1.15. The van der Waals surface area contributed by atoms with Crippen LogP contribution in [0.5, 0.6) is 0 Å². The lowest BCUT2D eigenvalue weighted by Gasteiger charge is -2.27. The minimum atomic E-state index is -0.416. The standard InChI is InChI=1S/C12H17N3OS/c1-15(9-4-5-17-7-9)11-6-8(12(14)16)2-3-10(11)13/h2-3,6,9H,4-5,7,13H2,1H3,(H2,14,16). The highest BCUT2D eigenvalue weighted by Crippen LogP contribution is 2.30. The van der Waals surface area contributed by atoms with Gasteiger partial charge in [-0.25, -0.2) is 0 Å². The quantitative estimate of drug-likeness (QED) is 0.794. The molecule has 2 rings (SSSR count). The Hall–Kier alpha value is -1.36. The van der Waals surface area contributed by atoms with Crippen molar-refractivity contribution in [1.82, 2.24) is 0 Å². The number of hydrogen-bond donors (Lipinski definition) is 2. The highest BCUT2D eigenvalue weighted by Gasteiger charge is 2.22. The summed E-state index contributed by atoms with van der Waals surface area (Å²) in [5.74, 6) is 1.88. The van der Waals surface area contributed by atoms with E-state index < -0.39 is 5.91 Å². The fourth-order valence-corrected chi connectivity index (χ4v) is 3.29. The molecule has 0 radical (unpaired) electrons. The van der Waals surface area contributed by atoms with E-state index in [9.17, 15) is 4.79 Å². The number of benzene rings is 1. The third kappa shape index (κ3) is 2.49. The van der Waals surface area contributed by atoms with Crippen molar-refractivity contribution in [1.29, 1.82) is 0 Å². The molecule has 1 aliphatic heterocycles. The van der Waals surface area contributed by atoms with Crippen molar-refractivity contribution in [2.24, 2.45) is 5.73 Å². The van der Waals surface area contributed by atoms with Gasteiger partial charge in [0.1, 0.15) is 0 Å². The molecule has 1 aliphatic rings. The predicted octanol–water partition coefficient (Wildman–Crippen LogP) is 1.31. The molecule has 4 nitrogen and oxygen atoms in total. The lowest BCUT2D eigenvalue weighted by molar-refractivity contribution is 0.100. The number of nitrogens with two attached hydrogens (primary N) is 2. The molecule has 0 aromatic heterocycles. The van der Waals surface area contributed by atoms with E-state index in [1.807, 2.05) is 18.8 Å². The third-order valence-corrected chi connectivity index (χ3v) is 4.29. The van der Waals surface area contributed by atoms with E-state index in [2.05, 4.69) is 4.90 Å². The molecule has 0 saturated carbocycles. The number of primary amides is 1. The molecule has 0 bridgehead atoms. The summed E-state index contributed by atoms with van der Waals surface area (Å²) in [7, 11) is 2.02. The summed E-state index contributed by atoms with van der Waals surface area (Å²) in [4.78, 5) is 13.3. The first-order chi connectivity index (χ1) is 8.09. The van der Waals surface area contributed by atoms with E-state index in [0.717, 1.165) is 17.9 Å². The zero-order valence-corrected chi connectivity index (χ0v) is 10.7. The van der Waals surface area contributed by atoms with Gasteiger partial charge in [0.05, 0.1) is 11.4 Å². The monoisotopic (exact) mass is 251 g/mol. The molecule has 1 aromatic rings. The summed E-state index contributed by atoms with van der Waals surface area (Å²) in [6.45, 7) is 0. The smallest absolute Gasteiger partial charge is 0.248 e. The lowest BCUT2D eigenvalue weighted by Crippen LogP contribution is -2.32. The van der Waals surface area contributed by atoms with Crippen LogP contribution in [0.2, 0.25) is 0 Å². The Morgan fingerprint density at radius 3 is 2.88 bits per heavy atom. The molecule has 0 spiro atoms. The van der Waals surface area contributed by atoms with Crippen LogP contribution in [0.1, 0.15) is 16.8 Å². The van der Waals surface area contributed by atoms with Crippen LogP contribution >= 0.6 is 11.8 Å². The number of nitrogen functional groups attached to an aromatic ring is 1. The fourth-order valence-electron chi connectivity index (χ4n) is 2.03. The number of carbonyl (C=O) groups is 1. The van der Waals surface area contributed by atoms with Gasteiger partial charge in [0.2, 0.25) is 5.91 Å². The van der Waals surface area contributed by atoms with Crippen molar-refractivity contribution in [3.8, 4) is 0 Å². The molecular weight excluding hydrogens is 234 g/mol. The fraction of sp³-hybridized carbons (Fsp3) is 0.417. The number of nitrogens with zero attached hydrogens (tertiary/aromatic N) is 1. The van der Waals surface area contributed by atoms with Crippen molar-refractivity contribution in [3.63, 3.8) is 0 Å². The SMILES string of the molecule is CN(c1cc(C(N)=O)ccc1N)C1CCSC1. The van der Waals surface area contributed by atoms with Gasteiger partial charge in [0, 0.05) is 24.4 Å². The van der Waals surface area contributed by atoms with Gasteiger partial charge in [0.15, 0.2) is 0 Å². The number of rotatable bonds is 3. The van der Waals surface area contributed by atoms with Crippen LogP contribution in [-0.2, 0) is 0 Å². The minimum absolute atomic E-state index is 0.416. The van der Waals surface area contributed by atoms with Crippen LogP contribution in [0, 0.1) is 0 Å². The molecule has 1 fully saturated rings. The number of carbonyl (C=O) groups excluding carboxylic acids is 1. The maximum absolute atomic E-state index is 11.2. The van der Waals surface area contributed by atoms with Gasteiger partial charge in [0.25, 0.3) is 0 Å². The first-order valence-electron chi connectivity index (χ1n) is 5.59. The van der Waals surface area contributed by atoms with Gasteiger partial charge in [-0.3, -0.25) is 4.79 Å². The second kappa shape index (κ2) is 4.87. The molecule has 1 aromatic carbocycles. The molecule has 5 heteroatoms. The normalized spacial score (nSPS) is 19.2. The van der Waals surface area contributed by atoms with Gasteiger partial charge in [-0.2, -0.15) is 11.8 Å². The van der Waals surface area contributed by atoms with Crippen molar-refractivity contribution >= 4 is 29.0 Å². The maximum atomic E-state index is 11.2. The largest absolute Gasteiger partial charge is 0.397 e. The topological polar surface area (TPSA) is 72.3 Å². The second-order valence-corrected chi connectivity index (χ2v) is 5.42. The van der Waals surface area contributed by atoms with E-state index in [1.165, 1.54) is 5.75 Å². The van der Waals surface area contributed by atoms with Crippen molar-refractivity contribution in [3.05, 3.63) is 23.8 Å². The Morgan fingerprint density at radius 2 is 2.29 bits per heavy atom.